The van der Waals surface area contributed by atoms with Crippen LogP contribution in [0.5, 0.6) is 0 Å². The smallest absolute Gasteiger partial charge is 0.252 e. The van der Waals surface area contributed by atoms with Gasteiger partial charge in [0, 0.05) is 16.0 Å². The van der Waals surface area contributed by atoms with Gasteiger partial charge in [-0.15, -0.1) is 0 Å². The molecule has 0 bridgehead atoms. The number of benzene rings is 2. The molecular weight excluding hydrogens is 428 g/mol. The maximum Gasteiger partial charge on any atom is 0.252 e. The second-order valence-electron chi connectivity index (χ2n) is 7.57. The molecule has 152 valence electrons. The van der Waals surface area contributed by atoms with Crippen molar-refractivity contribution < 1.29 is 13.2 Å². The first kappa shape index (κ1) is 20.4. The van der Waals surface area contributed by atoms with Crippen LogP contribution in [-0.2, 0) is 21.1 Å². The molecule has 2 heterocycles. The first-order valence-electron chi connectivity index (χ1n) is 9.31. The van der Waals surface area contributed by atoms with Crippen LogP contribution in [0.25, 0.3) is 0 Å². The van der Waals surface area contributed by atoms with Crippen molar-refractivity contribution in [2.45, 2.75) is 31.6 Å². The van der Waals surface area contributed by atoms with E-state index in [-0.39, 0.29) is 35.1 Å². The molecule has 5 nitrogen and oxygen atoms in total. The number of nitrogens with zero attached hydrogens (tertiary/aromatic N) is 2. The minimum absolute atomic E-state index is 0.0788. The van der Waals surface area contributed by atoms with Crippen LogP contribution in [0.1, 0.15) is 16.7 Å². The molecule has 8 heteroatoms. The summed E-state index contributed by atoms with van der Waals surface area (Å²) in [7, 11) is -3.09. The predicted molar refractivity (Wildman–Crippen MR) is 120 cm³/mol. The molecule has 0 spiro atoms. The lowest BCUT2D eigenvalue weighted by molar-refractivity contribution is -0.117. The molecule has 2 unspecified atom stereocenters. The van der Waals surface area contributed by atoms with Gasteiger partial charge in [0.15, 0.2) is 15.0 Å². The largest absolute Gasteiger partial charge is 0.316 e. The van der Waals surface area contributed by atoms with Crippen molar-refractivity contribution in [2.24, 2.45) is 4.99 Å². The van der Waals surface area contributed by atoms with Crippen molar-refractivity contribution in [2.75, 3.05) is 16.4 Å². The number of sulfone groups is 1. The lowest BCUT2D eigenvalue weighted by Crippen LogP contribution is -2.37. The monoisotopic (exact) mass is 448 g/mol. The third-order valence-electron chi connectivity index (χ3n) is 5.07. The van der Waals surface area contributed by atoms with Gasteiger partial charge in [-0.05, 0) is 48.7 Å². The molecule has 0 radical (unpaired) electrons. The number of anilines is 1. The summed E-state index contributed by atoms with van der Waals surface area (Å²) in [4.78, 5) is 19.0. The fourth-order valence-corrected chi connectivity index (χ4v) is 8.04. The lowest BCUT2D eigenvalue weighted by atomic mass is 10.1. The molecule has 0 aromatic heterocycles. The van der Waals surface area contributed by atoms with Crippen molar-refractivity contribution in [3.05, 3.63) is 64.2 Å². The van der Waals surface area contributed by atoms with E-state index in [0.29, 0.717) is 10.2 Å². The van der Waals surface area contributed by atoms with Crippen molar-refractivity contribution in [1.82, 2.24) is 0 Å². The number of amides is 1. The molecule has 2 aliphatic heterocycles. The summed E-state index contributed by atoms with van der Waals surface area (Å²) in [6.07, 6.45) is 0.109. The molecule has 4 rings (SSSR count). The molecule has 2 aromatic rings. The zero-order chi connectivity index (χ0) is 20.8. The number of aryl methyl sites for hydroxylation is 2. The second-order valence-corrected chi connectivity index (χ2v) is 11.3. The number of amidine groups is 1. The number of thioether (sulfide) groups is 1. The van der Waals surface area contributed by atoms with Crippen LogP contribution in [0, 0.1) is 13.8 Å². The summed E-state index contributed by atoms with van der Waals surface area (Å²) in [5.41, 5.74) is 3.77. The van der Waals surface area contributed by atoms with Gasteiger partial charge in [0.05, 0.1) is 24.0 Å². The topological polar surface area (TPSA) is 66.8 Å². The van der Waals surface area contributed by atoms with Gasteiger partial charge in [-0.25, -0.2) is 8.42 Å². The molecule has 0 saturated carbocycles. The van der Waals surface area contributed by atoms with Gasteiger partial charge in [-0.3, -0.25) is 4.79 Å². The van der Waals surface area contributed by atoms with Crippen molar-refractivity contribution in [3.63, 3.8) is 0 Å². The third kappa shape index (κ3) is 4.37. The summed E-state index contributed by atoms with van der Waals surface area (Å²) >= 11 is 7.55. The fourth-order valence-electron chi connectivity index (χ4n) is 3.91. The Hall–Kier alpha value is -1.83. The minimum atomic E-state index is -3.09. The molecule has 2 aliphatic rings. The van der Waals surface area contributed by atoms with Crippen LogP contribution in [0.3, 0.4) is 0 Å². The van der Waals surface area contributed by atoms with Gasteiger partial charge in [-0.1, -0.05) is 47.6 Å². The molecule has 2 saturated heterocycles. The van der Waals surface area contributed by atoms with Crippen LogP contribution in [-0.4, -0.2) is 42.3 Å². The number of hydrogen-bond acceptors (Lipinski definition) is 4. The molecule has 1 amide bonds. The van der Waals surface area contributed by atoms with Gasteiger partial charge in [0.2, 0.25) is 0 Å². The molecule has 2 aromatic carbocycles. The summed E-state index contributed by atoms with van der Waals surface area (Å²) in [5.74, 6) is -0.102. The minimum Gasteiger partial charge on any atom is -0.316 e. The molecule has 2 fully saturated rings. The van der Waals surface area contributed by atoms with Crippen LogP contribution in [0.15, 0.2) is 47.5 Å². The normalized spacial score (nSPS) is 24.1. The predicted octanol–water partition coefficient (Wildman–Crippen LogP) is 3.80. The van der Waals surface area contributed by atoms with E-state index in [2.05, 4.69) is 11.1 Å². The number of hydrogen-bond donors (Lipinski definition) is 0. The SMILES string of the molecule is Cc1cc(C)cc(N2C(=NC(=O)Cc3ccccc3Cl)SC3CS(=O)(=O)CC32)c1. The standard InChI is InChI=1S/C21H21ClN2O3S2/c1-13-7-14(2)9-16(8-13)24-18-11-29(26,27)12-19(18)28-21(24)23-20(25)10-15-5-3-4-6-17(15)22/h3-9,18-19H,10-12H2,1-2H3. The van der Waals surface area contributed by atoms with Gasteiger partial charge in [0.1, 0.15) is 0 Å². The van der Waals surface area contributed by atoms with Gasteiger partial charge in [0.25, 0.3) is 5.91 Å². The van der Waals surface area contributed by atoms with E-state index >= 15 is 0 Å². The first-order valence-corrected chi connectivity index (χ1v) is 12.4. The van der Waals surface area contributed by atoms with Crippen molar-refractivity contribution in [3.8, 4) is 0 Å². The average molecular weight is 449 g/mol. The van der Waals surface area contributed by atoms with Crippen LogP contribution in [0.4, 0.5) is 5.69 Å². The maximum absolute atomic E-state index is 12.7. The van der Waals surface area contributed by atoms with E-state index in [4.69, 9.17) is 11.6 Å². The molecule has 0 aliphatic carbocycles. The highest BCUT2D eigenvalue weighted by atomic mass is 35.5. The number of carbonyl (C=O) groups is 1. The average Bonchev–Trinajstić information content (AvgIpc) is 3.06. The van der Waals surface area contributed by atoms with Crippen LogP contribution >= 0.6 is 23.4 Å². The van der Waals surface area contributed by atoms with E-state index in [9.17, 15) is 13.2 Å². The second kappa shape index (κ2) is 7.78. The van der Waals surface area contributed by atoms with E-state index < -0.39 is 9.84 Å². The van der Waals surface area contributed by atoms with Crippen molar-refractivity contribution in [1.29, 1.82) is 0 Å². The maximum atomic E-state index is 12.7. The van der Waals surface area contributed by atoms with E-state index in [1.165, 1.54) is 11.8 Å². The Labute approximate surface area is 180 Å². The van der Waals surface area contributed by atoms with E-state index in [0.717, 1.165) is 22.4 Å². The van der Waals surface area contributed by atoms with Gasteiger partial charge >= 0.3 is 0 Å². The molecule has 29 heavy (non-hydrogen) atoms. The number of fused-ring (bicyclic) bond motifs is 1. The number of halogens is 1. The number of rotatable bonds is 3. The Morgan fingerprint density at radius 1 is 1.17 bits per heavy atom. The summed E-state index contributed by atoms with van der Waals surface area (Å²) in [5, 5.41) is 0.985. The number of carbonyl (C=O) groups excluding carboxylic acids is 1. The zero-order valence-electron chi connectivity index (χ0n) is 16.1. The Morgan fingerprint density at radius 3 is 2.55 bits per heavy atom. The highest BCUT2D eigenvalue weighted by Crippen LogP contribution is 2.41. The van der Waals surface area contributed by atoms with Crippen molar-refractivity contribution >= 4 is 50.0 Å². The van der Waals surface area contributed by atoms with E-state index in [1.807, 2.05) is 49.1 Å². The Bertz CT molecular complexity index is 1090. The Morgan fingerprint density at radius 2 is 1.86 bits per heavy atom. The highest BCUT2D eigenvalue weighted by Gasteiger charge is 2.49. The first-order chi connectivity index (χ1) is 13.7. The Balaban J connectivity index is 1.68. The summed E-state index contributed by atoms with van der Waals surface area (Å²) in [6.45, 7) is 4.00. The van der Waals surface area contributed by atoms with Gasteiger partial charge in [-0.2, -0.15) is 4.99 Å². The van der Waals surface area contributed by atoms with E-state index in [1.54, 1.807) is 6.07 Å². The fraction of sp³-hybridized carbons (Fsp3) is 0.333. The summed E-state index contributed by atoms with van der Waals surface area (Å²) < 4.78 is 24.4. The lowest BCUT2D eigenvalue weighted by Gasteiger charge is -2.25. The third-order valence-corrected chi connectivity index (χ3v) is 8.65. The Kier molecular flexibility index (Phi) is 5.48. The molecule has 0 N–H and O–H groups in total. The van der Waals surface area contributed by atoms with Crippen LogP contribution in [0.2, 0.25) is 5.02 Å². The highest BCUT2D eigenvalue weighted by molar-refractivity contribution is 8.16. The quantitative estimate of drug-likeness (QED) is 0.714. The zero-order valence-corrected chi connectivity index (χ0v) is 18.5. The molecule has 2 atom stereocenters. The molecular formula is C21H21ClN2O3S2. The van der Waals surface area contributed by atoms with Gasteiger partial charge < -0.3 is 4.90 Å². The van der Waals surface area contributed by atoms with Crippen LogP contribution < -0.4 is 4.90 Å². The number of aliphatic imine (C=N–C) groups is 1. The summed E-state index contributed by atoms with van der Waals surface area (Å²) in [6, 6.07) is 13.1.